The van der Waals surface area contributed by atoms with Crippen LogP contribution in [-0.4, -0.2) is 13.4 Å². The molecule has 0 fully saturated rings. The maximum atomic E-state index is 14.2. The first kappa shape index (κ1) is 24.0. The predicted molar refractivity (Wildman–Crippen MR) is 130 cm³/mol. The number of hydrogen-bond donors (Lipinski definition) is 2. The molecule has 0 saturated carbocycles. The van der Waals surface area contributed by atoms with Gasteiger partial charge < -0.3 is 5.73 Å². The standard InChI is InChI=1S/C21H13Cl2F2N5O2S2/c22-11-2-1-3-13(8-11)30-34(31,32)14-5-6-16(23)18(10-14)28-29-20-19(27-21(26)33-20)15-9-12(24)4-7-17(15)25/h1-10,30H,(H2,26,27). The van der Waals surface area contributed by atoms with Crippen molar-refractivity contribution in [2.24, 2.45) is 10.2 Å². The Kier molecular flexibility index (Phi) is 6.80. The van der Waals surface area contributed by atoms with Gasteiger partial charge in [0.1, 0.15) is 23.0 Å². The molecule has 0 saturated heterocycles. The second-order valence-corrected chi connectivity index (χ2v) is 10.3. The molecule has 174 valence electrons. The second-order valence-electron chi connectivity index (χ2n) is 6.76. The zero-order valence-electron chi connectivity index (χ0n) is 16.8. The van der Waals surface area contributed by atoms with E-state index in [2.05, 4.69) is 19.9 Å². The van der Waals surface area contributed by atoms with Gasteiger partial charge in [-0.05, 0) is 54.6 Å². The molecule has 0 radical (unpaired) electrons. The molecule has 34 heavy (non-hydrogen) atoms. The topological polar surface area (TPSA) is 110 Å². The number of nitrogens with one attached hydrogen (secondary N) is 1. The van der Waals surface area contributed by atoms with E-state index in [4.69, 9.17) is 28.9 Å². The summed E-state index contributed by atoms with van der Waals surface area (Å²) in [5.74, 6) is -1.39. The SMILES string of the molecule is Nc1nc(-c2cc(F)ccc2F)c(N=Nc2cc(S(=O)(=O)Nc3cccc(Cl)c3)ccc2Cl)s1. The second kappa shape index (κ2) is 9.63. The summed E-state index contributed by atoms with van der Waals surface area (Å²) in [6.07, 6.45) is 0. The average Bonchev–Trinajstić information content (AvgIpc) is 3.14. The average molecular weight is 540 g/mol. The van der Waals surface area contributed by atoms with Crippen LogP contribution in [0.5, 0.6) is 0 Å². The number of halogens is 4. The molecule has 13 heteroatoms. The minimum atomic E-state index is -4.00. The molecule has 0 aliphatic rings. The molecule has 3 N–H and O–H groups in total. The van der Waals surface area contributed by atoms with Gasteiger partial charge in [0.25, 0.3) is 10.0 Å². The largest absolute Gasteiger partial charge is 0.375 e. The summed E-state index contributed by atoms with van der Waals surface area (Å²) in [7, 11) is -4.00. The predicted octanol–water partition coefficient (Wildman–Crippen LogP) is 7.19. The van der Waals surface area contributed by atoms with Crippen molar-refractivity contribution in [2.75, 3.05) is 10.5 Å². The lowest BCUT2D eigenvalue weighted by Gasteiger charge is -2.09. The smallest absolute Gasteiger partial charge is 0.261 e. The number of hydrogen-bond acceptors (Lipinski definition) is 7. The van der Waals surface area contributed by atoms with Gasteiger partial charge >= 0.3 is 0 Å². The summed E-state index contributed by atoms with van der Waals surface area (Å²) in [5.41, 5.74) is 5.88. The molecule has 1 aromatic heterocycles. The van der Waals surface area contributed by atoms with Crippen molar-refractivity contribution in [3.8, 4) is 11.3 Å². The number of benzene rings is 3. The van der Waals surface area contributed by atoms with Crippen LogP contribution >= 0.6 is 34.5 Å². The van der Waals surface area contributed by atoms with Gasteiger partial charge in [0.05, 0.1) is 15.6 Å². The molecule has 0 aliphatic carbocycles. The number of nitrogen functional groups attached to an aromatic ring is 1. The number of anilines is 2. The Labute approximate surface area is 206 Å². The number of rotatable bonds is 6. The van der Waals surface area contributed by atoms with Crippen molar-refractivity contribution in [3.63, 3.8) is 0 Å². The van der Waals surface area contributed by atoms with E-state index in [0.717, 1.165) is 29.5 Å². The summed E-state index contributed by atoms with van der Waals surface area (Å²) in [6.45, 7) is 0. The number of azo groups is 1. The van der Waals surface area contributed by atoms with Gasteiger partial charge in [-0.1, -0.05) is 40.6 Å². The van der Waals surface area contributed by atoms with E-state index in [0.29, 0.717) is 5.02 Å². The van der Waals surface area contributed by atoms with Gasteiger partial charge in [-0.25, -0.2) is 22.2 Å². The molecule has 0 aliphatic heterocycles. The molecular weight excluding hydrogens is 527 g/mol. The van der Waals surface area contributed by atoms with Crippen LogP contribution in [0.1, 0.15) is 0 Å². The minimum Gasteiger partial charge on any atom is -0.375 e. The van der Waals surface area contributed by atoms with E-state index >= 15 is 0 Å². The van der Waals surface area contributed by atoms with E-state index < -0.39 is 21.7 Å². The number of thiazole rings is 1. The first-order chi connectivity index (χ1) is 16.1. The summed E-state index contributed by atoms with van der Waals surface area (Å²) in [4.78, 5) is 3.88. The Bertz CT molecular complexity index is 1530. The van der Waals surface area contributed by atoms with E-state index in [1.165, 1.54) is 24.3 Å². The number of nitrogens with zero attached hydrogens (tertiary/aromatic N) is 3. The molecule has 0 bridgehead atoms. The van der Waals surface area contributed by atoms with Crippen molar-refractivity contribution in [2.45, 2.75) is 4.90 Å². The minimum absolute atomic E-state index is 0.00854. The van der Waals surface area contributed by atoms with Crippen LogP contribution in [-0.2, 0) is 10.0 Å². The molecule has 0 atom stereocenters. The van der Waals surface area contributed by atoms with Crippen molar-refractivity contribution in [3.05, 3.63) is 82.3 Å². The number of nitrogens with two attached hydrogens (primary N) is 1. The fourth-order valence-electron chi connectivity index (χ4n) is 2.85. The first-order valence-electron chi connectivity index (χ1n) is 9.34. The lowest BCUT2D eigenvalue weighted by Crippen LogP contribution is -2.12. The lowest BCUT2D eigenvalue weighted by atomic mass is 10.1. The molecule has 0 spiro atoms. The fourth-order valence-corrected chi connectivity index (χ4v) is 4.94. The van der Waals surface area contributed by atoms with Gasteiger partial charge in [0.2, 0.25) is 0 Å². The van der Waals surface area contributed by atoms with Crippen LogP contribution in [0, 0.1) is 11.6 Å². The Hall–Kier alpha value is -3.12. The normalized spacial score (nSPS) is 11.8. The highest BCUT2D eigenvalue weighted by atomic mass is 35.5. The molecule has 3 aromatic carbocycles. The van der Waals surface area contributed by atoms with Crippen LogP contribution in [0.3, 0.4) is 0 Å². The molecule has 0 amide bonds. The van der Waals surface area contributed by atoms with Gasteiger partial charge in [-0.2, -0.15) is 0 Å². The third-order valence-electron chi connectivity index (χ3n) is 4.36. The molecular formula is C21H13Cl2F2N5O2S2. The third kappa shape index (κ3) is 5.33. The monoisotopic (exact) mass is 539 g/mol. The molecule has 1 heterocycles. The fraction of sp³-hybridized carbons (Fsp3) is 0. The maximum Gasteiger partial charge on any atom is 0.261 e. The van der Waals surface area contributed by atoms with Gasteiger partial charge in [-0.3, -0.25) is 4.72 Å². The van der Waals surface area contributed by atoms with Crippen LogP contribution in [0.15, 0.2) is 75.8 Å². The summed E-state index contributed by atoms with van der Waals surface area (Å²) < 4.78 is 55.9. The number of aromatic nitrogens is 1. The van der Waals surface area contributed by atoms with Gasteiger partial charge in [0.15, 0.2) is 10.1 Å². The van der Waals surface area contributed by atoms with Crippen LogP contribution in [0.2, 0.25) is 10.0 Å². The van der Waals surface area contributed by atoms with E-state index in [-0.39, 0.29) is 42.7 Å². The lowest BCUT2D eigenvalue weighted by molar-refractivity contribution is 0.601. The Morgan fingerprint density at radius 3 is 2.56 bits per heavy atom. The molecule has 4 aromatic rings. The summed E-state index contributed by atoms with van der Waals surface area (Å²) in [5, 5.41) is 8.64. The van der Waals surface area contributed by atoms with Gasteiger partial charge in [-0.15, -0.1) is 10.2 Å². The third-order valence-corrected chi connectivity index (χ3v) is 7.07. The quantitative estimate of drug-likeness (QED) is 0.252. The van der Waals surface area contributed by atoms with E-state index in [9.17, 15) is 17.2 Å². The molecule has 0 unspecified atom stereocenters. The highest BCUT2D eigenvalue weighted by Gasteiger charge is 2.18. The zero-order chi connectivity index (χ0) is 24.5. The Balaban J connectivity index is 1.68. The Morgan fingerprint density at radius 1 is 1.00 bits per heavy atom. The summed E-state index contributed by atoms with van der Waals surface area (Å²) >= 11 is 13.0. The van der Waals surface area contributed by atoms with Crippen LogP contribution in [0.25, 0.3) is 11.3 Å². The van der Waals surface area contributed by atoms with Gasteiger partial charge in [0, 0.05) is 10.6 Å². The Morgan fingerprint density at radius 2 is 1.79 bits per heavy atom. The van der Waals surface area contributed by atoms with Crippen LogP contribution in [0.4, 0.5) is 30.3 Å². The highest BCUT2D eigenvalue weighted by Crippen LogP contribution is 2.40. The van der Waals surface area contributed by atoms with Crippen molar-refractivity contribution in [1.29, 1.82) is 0 Å². The van der Waals surface area contributed by atoms with E-state index in [1.807, 2.05) is 0 Å². The van der Waals surface area contributed by atoms with Crippen molar-refractivity contribution < 1.29 is 17.2 Å². The zero-order valence-corrected chi connectivity index (χ0v) is 20.0. The maximum absolute atomic E-state index is 14.2. The van der Waals surface area contributed by atoms with Crippen molar-refractivity contribution in [1.82, 2.24) is 4.98 Å². The molecule has 7 nitrogen and oxygen atoms in total. The molecule has 4 rings (SSSR count). The van der Waals surface area contributed by atoms with Crippen LogP contribution < -0.4 is 10.5 Å². The van der Waals surface area contributed by atoms with E-state index in [1.54, 1.807) is 18.2 Å². The van der Waals surface area contributed by atoms with Crippen molar-refractivity contribution >= 4 is 66.1 Å². The highest BCUT2D eigenvalue weighted by molar-refractivity contribution is 7.92. The first-order valence-corrected chi connectivity index (χ1v) is 12.4. The summed E-state index contributed by atoms with van der Waals surface area (Å²) in [6, 6.07) is 13.0. The number of sulfonamides is 1.